The maximum atomic E-state index is 11.3. The van der Waals surface area contributed by atoms with Crippen LogP contribution in [0, 0.1) is 11.3 Å². The van der Waals surface area contributed by atoms with Gasteiger partial charge in [-0.3, -0.25) is 0 Å². The van der Waals surface area contributed by atoms with E-state index in [2.05, 4.69) is 15.0 Å². The fourth-order valence-electron chi connectivity index (χ4n) is 1.51. The first kappa shape index (κ1) is 13.8. The van der Waals surface area contributed by atoms with E-state index in [0.29, 0.717) is 22.1 Å². The Labute approximate surface area is 119 Å². The summed E-state index contributed by atoms with van der Waals surface area (Å²) in [6.45, 7) is 0. The van der Waals surface area contributed by atoms with Crippen LogP contribution in [0.3, 0.4) is 0 Å². The molecule has 0 atom stereocenters. The maximum Gasteiger partial charge on any atom is 0.357 e. The van der Waals surface area contributed by atoms with Crippen LogP contribution < -0.4 is 10.1 Å². The van der Waals surface area contributed by atoms with Gasteiger partial charge in [-0.05, 0) is 12.1 Å². The molecule has 0 amide bonds. The number of nitrogens with zero attached hydrogens (tertiary/aromatic N) is 2. The van der Waals surface area contributed by atoms with Gasteiger partial charge in [0.05, 0.1) is 31.5 Å². The second-order valence-electron chi connectivity index (χ2n) is 3.68. The molecule has 2 rings (SSSR count). The molecule has 0 spiro atoms. The summed E-state index contributed by atoms with van der Waals surface area (Å²) >= 11 is 1.27. The minimum Gasteiger partial charge on any atom is -0.495 e. The first-order chi connectivity index (χ1) is 9.67. The van der Waals surface area contributed by atoms with Crippen LogP contribution in [0.5, 0.6) is 5.75 Å². The molecule has 0 bridgehead atoms. The second kappa shape index (κ2) is 6.04. The molecule has 0 unspecified atom stereocenters. The zero-order chi connectivity index (χ0) is 14.5. The van der Waals surface area contributed by atoms with Gasteiger partial charge in [0, 0.05) is 11.4 Å². The highest BCUT2D eigenvalue weighted by atomic mass is 32.1. The molecule has 1 aromatic carbocycles. The van der Waals surface area contributed by atoms with Crippen molar-refractivity contribution >= 4 is 28.1 Å². The highest BCUT2D eigenvalue weighted by Crippen LogP contribution is 2.29. The summed E-state index contributed by atoms with van der Waals surface area (Å²) in [4.78, 5) is 15.4. The Morgan fingerprint density at radius 2 is 2.25 bits per heavy atom. The lowest BCUT2D eigenvalue weighted by molar-refractivity contribution is 0.0595. The number of hydrogen-bond acceptors (Lipinski definition) is 7. The number of ether oxygens (including phenoxy) is 2. The van der Waals surface area contributed by atoms with Crippen LogP contribution in [0.25, 0.3) is 0 Å². The van der Waals surface area contributed by atoms with Gasteiger partial charge >= 0.3 is 5.97 Å². The first-order valence-corrected chi connectivity index (χ1v) is 6.45. The molecule has 1 heterocycles. The van der Waals surface area contributed by atoms with Crippen LogP contribution >= 0.6 is 11.3 Å². The molecule has 0 fully saturated rings. The van der Waals surface area contributed by atoms with E-state index < -0.39 is 5.97 Å². The zero-order valence-corrected chi connectivity index (χ0v) is 11.7. The number of esters is 1. The first-order valence-electron chi connectivity index (χ1n) is 5.57. The smallest absolute Gasteiger partial charge is 0.357 e. The molecule has 1 aromatic heterocycles. The number of hydrogen-bond donors (Lipinski definition) is 1. The molecule has 20 heavy (non-hydrogen) atoms. The van der Waals surface area contributed by atoms with Gasteiger partial charge in [-0.25, -0.2) is 9.78 Å². The average molecular weight is 289 g/mol. The highest BCUT2D eigenvalue weighted by molar-refractivity contribution is 7.14. The van der Waals surface area contributed by atoms with Crippen molar-refractivity contribution in [2.75, 3.05) is 19.5 Å². The van der Waals surface area contributed by atoms with Crippen LogP contribution in [-0.2, 0) is 4.74 Å². The number of aromatic nitrogens is 1. The molecule has 7 heteroatoms. The van der Waals surface area contributed by atoms with Crippen LogP contribution in [0.1, 0.15) is 16.1 Å². The molecule has 0 aliphatic carbocycles. The van der Waals surface area contributed by atoms with Gasteiger partial charge in [-0.15, -0.1) is 11.3 Å². The number of carbonyl (C=O) groups excluding carboxylic acids is 1. The molecule has 102 valence electrons. The number of anilines is 2. The van der Waals surface area contributed by atoms with E-state index in [9.17, 15) is 4.79 Å². The third kappa shape index (κ3) is 2.87. The lowest BCUT2D eigenvalue weighted by Gasteiger charge is -2.08. The summed E-state index contributed by atoms with van der Waals surface area (Å²) in [5.41, 5.74) is 1.41. The number of rotatable bonds is 4. The van der Waals surface area contributed by atoms with E-state index in [1.807, 2.05) is 6.07 Å². The van der Waals surface area contributed by atoms with Crippen LogP contribution in [-0.4, -0.2) is 25.2 Å². The molecule has 0 aliphatic rings. The molecule has 2 aromatic rings. The van der Waals surface area contributed by atoms with Gasteiger partial charge in [0.1, 0.15) is 5.75 Å². The van der Waals surface area contributed by atoms with Crippen LogP contribution in [0.15, 0.2) is 23.6 Å². The van der Waals surface area contributed by atoms with Gasteiger partial charge in [0.25, 0.3) is 0 Å². The van der Waals surface area contributed by atoms with Crippen molar-refractivity contribution < 1.29 is 14.3 Å². The SMILES string of the molecule is COC(=O)c1csc(Nc2ccc(C#N)cc2OC)n1. The van der Waals surface area contributed by atoms with Gasteiger partial charge in [0.15, 0.2) is 10.8 Å². The molecule has 0 saturated heterocycles. The highest BCUT2D eigenvalue weighted by Gasteiger charge is 2.12. The van der Waals surface area contributed by atoms with E-state index in [-0.39, 0.29) is 5.69 Å². The summed E-state index contributed by atoms with van der Waals surface area (Å²) in [5.74, 6) is 0.0416. The largest absolute Gasteiger partial charge is 0.495 e. The van der Waals surface area contributed by atoms with Gasteiger partial charge < -0.3 is 14.8 Å². The predicted molar refractivity (Wildman–Crippen MR) is 74.4 cm³/mol. The standard InChI is InChI=1S/C13H11N3O3S/c1-18-11-5-8(6-14)3-4-9(11)15-13-16-10(7-20-13)12(17)19-2/h3-5,7H,1-2H3,(H,15,16). The number of benzene rings is 1. The normalized spacial score (nSPS) is 9.65. The second-order valence-corrected chi connectivity index (χ2v) is 4.54. The summed E-state index contributed by atoms with van der Waals surface area (Å²) in [5, 5.41) is 14.0. The monoisotopic (exact) mass is 289 g/mol. The van der Waals surface area contributed by atoms with Crippen molar-refractivity contribution in [3.8, 4) is 11.8 Å². The molecular weight excluding hydrogens is 278 g/mol. The lowest BCUT2D eigenvalue weighted by Crippen LogP contribution is -2.02. The van der Waals surface area contributed by atoms with Gasteiger partial charge in [-0.2, -0.15) is 5.26 Å². The Hall–Kier alpha value is -2.59. The van der Waals surface area contributed by atoms with E-state index in [1.165, 1.54) is 25.6 Å². The molecule has 0 aliphatic heterocycles. The fourth-order valence-corrected chi connectivity index (χ4v) is 2.20. The van der Waals surface area contributed by atoms with Crippen molar-refractivity contribution in [3.63, 3.8) is 0 Å². The molecule has 0 radical (unpaired) electrons. The Morgan fingerprint density at radius 3 is 2.90 bits per heavy atom. The van der Waals surface area contributed by atoms with Crippen LogP contribution in [0.2, 0.25) is 0 Å². The summed E-state index contributed by atoms with van der Waals surface area (Å²) in [7, 11) is 2.82. The third-order valence-electron chi connectivity index (χ3n) is 2.47. The predicted octanol–water partition coefficient (Wildman–Crippen LogP) is 2.55. The minimum atomic E-state index is -0.485. The van der Waals surface area contributed by atoms with Crippen molar-refractivity contribution in [1.29, 1.82) is 5.26 Å². The number of nitrogens with one attached hydrogen (secondary N) is 1. The maximum absolute atomic E-state index is 11.3. The van der Waals surface area contributed by atoms with Crippen molar-refractivity contribution in [2.24, 2.45) is 0 Å². The van der Waals surface area contributed by atoms with Crippen molar-refractivity contribution in [2.45, 2.75) is 0 Å². The fraction of sp³-hybridized carbons (Fsp3) is 0.154. The third-order valence-corrected chi connectivity index (χ3v) is 3.23. The number of nitriles is 1. The van der Waals surface area contributed by atoms with E-state index in [4.69, 9.17) is 10.00 Å². The quantitative estimate of drug-likeness (QED) is 0.871. The molecule has 6 nitrogen and oxygen atoms in total. The Kier molecular flexibility index (Phi) is 4.17. The Bertz CT molecular complexity index is 676. The number of thiazole rings is 1. The number of methoxy groups -OCH3 is 2. The Morgan fingerprint density at radius 1 is 1.45 bits per heavy atom. The lowest BCUT2D eigenvalue weighted by atomic mass is 10.2. The minimum absolute atomic E-state index is 0.243. The van der Waals surface area contributed by atoms with Gasteiger partial charge in [0.2, 0.25) is 0 Å². The topological polar surface area (TPSA) is 84.2 Å². The average Bonchev–Trinajstić information content (AvgIpc) is 2.95. The summed E-state index contributed by atoms with van der Waals surface area (Å²) in [6.07, 6.45) is 0. The molecular formula is C13H11N3O3S. The number of carbonyl (C=O) groups is 1. The molecule has 0 saturated carbocycles. The van der Waals surface area contributed by atoms with Crippen molar-refractivity contribution in [1.82, 2.24) is 4.98 Å². The van der Waals surface area contributed by atoms with E-state index >= 15 is 0 Å². The summed E-state index contributed by atoms with van der Waals surface area (Å²) < 4.78 is 9.80. The van der Waals surface area contributed by atoms with E-state index in [1.54, 1.807) is 23.6 Å². The Balaban J connectivity index is 2.24. The van der Waals surface area contributed by atoms with Crippen LogP contribution in [0.4, 0.5) is 10.8 Å². The van der Waals surface area contributed by atoms with Gasteiger partial charge in [-0.1, -0.05) is 0 Å². The summed E-state index contributed by atoms with van der Waals surface area (Å²) in [6, 6.07) is 7.04. The van der Waals surface area contributed by atoms with E-state index in [0.717, 1.165) is 0 Å². The zero-order valence-electron chi connectivity index (χ0n) is 10.8. The van der Waals surface area contributed by atoms with Crippen molar-refractivity contribution in [3.05, 3.63) is 34.8 Å². The molecule has 1 N–H and O–H groups in total.